The summed E-state index contributed by atoms with van der Waals surface area (Å²) in [5.74, 6) is 0.908. The maximum Gasteiger partial charge on any atom is 0.410 e. The van der Waals surface area contributed by atoms with Gasteiger partial charge in [0, 0.05) is 45.3 Å². The van der Waals surface area contributed by atoms with Crippen molar-refractivity contribution in [1.29, 1.82) is 0 Å². The van der Waals surface area contributed by atoms with Crippen molar-refractivity contribution in [2.75, 3.05) is 50.8 Å². The molecule has 0 saturated carbocycles. The van der Waals surface area contributed by atoms with Gasteiger partial charge in [-0.15, -0.1) is 0 Å². The third-order valence-corrected chi connectivity index (χ3v) is 6.20. The Labute approximate surface area is 213 Å². The maximum atomic E-state index is 14.1. The number of aromatic nitrogens is 4. The summed E-state index contributed by atoms with van der Waals surface area (Å²) in [6, 6.07) is 8.68. The molecule has 0 spiro atoms. The second kappa shape index (κ2) is 10.2. The number of fused-ring (bicyclic) bond motifs is 1. The summed E-state index contributed by atoms with van der Waals surface area (Å²) in [6.45, 7) is 9.14. The number of ether oxygens (including phenoxy) is 2. The molecule has 1 aromatic carbocycles. The predicted molar refractivity (Wildman–Crippen MR) is 133 cm³/mol. The molecule has 1 N–H and O–H groups in total. The molecule has 3 aromatic rings. The Hall–Kier alpha value is -3.38. The van der Waals surface area contributed by atoms with E-state index in [-0.39, 0.29) is 11.9 Å². The molecule has 5 rings (SSSR count). The molecule has 2 aliphatic heterocycles. The van der Waals surface area contributed by atoms with Crippen LogP contribution in [0.1, 0.15) is 44.9 Å². The Kier molecular flexibility index (Phi) is 6.95. The number of rotatable bonds is 4. The highest BCUT2D eigenvalue weighted by molar-refractivity contribution is 5.78. The Morgan fingerprint density at radius 2 is 1.84 bits per heavy atom. The summed E-state index contributed by atoms with van der Waals surface area (Å²) in [5, 5.41) is 3.27. The Morgan fingerprint density at radius 3 is 2.51 bits per heavy atom. The van der Waals surface area contributed by atoms with Crippen LogP contribution in [0.25, 0.3) is 16.9 Å². The number of anilines is 1. The number of halogens is 2. The standard InChI is InChI=1S/C25H31F2N7O3/c1-25(2,3)37-24(35)33-11-9-32(10-12-33)19-14-20(31-22(30-19)18-15-28-8-13-36-18)34-17-7-5-4-6-16(17)29-23(34)21(26)27/h4-7,14,18,21,28H,8-13,15H2,1-3H3. The smallest absolute Gasteiger partial charge is 0.410 e. The zero-order valence-corrected chi connectivity index (χ0v) is 21.2. The van der Waals surface area contributed by atoms with Crippen LogP contribution in [0.2, 0.25) is 0 Å². The average Bonchev–Trinajstić information content (AvgIpc) is 3.28. The topological polar surface area (TPSA) is 97.6 Å². The Bertz CT molecular complexity index is 1260. The summed E-state index contributed by atoms with van der Waals surface area (Å²) in [7, 11) is 0. The summed E-state index contributed by atoms with van der Waals surface area (Å²) < 4.78 is 40.9. The number of hydrogen-bond acceptors (Lipinski definition) is 8. The molecule has 1 unspecified atom stereocenters. The van der Waals surface area contributed by atoms with Gasteiger partial charge in [-0.05, 0) is 32.9 Å². The van der Waals surface area contributed by atoms with Crippen LogP contribution in [0, 0.1) is 0 Å². The molecular weight excluding hydrogens is 484 g/mol. The van der Waals surface area contributed by atoms with Crippen molar-refractivity contribution in [2.45, 2.75) is 38.9 Å². The minimum atomic E-state index is -2.79. The highest BCUT2D eigenvalue weighted by Gasteiger charge is 2.29. The van der Waals surface area contributed by atoms with Crippen LogP contribution in [-0.4, -0.2) is 82.0 Å². The Balaban J connectivity index is 1.50. The fourth-order valence-electron chi connectivity index (χ4n) is 4.47. The molecule has 2 saturated heterocycles. The van der Waals surface area contributed by atoms with Crippen LogP contribution in [0.4, 0.5) is 19.4 Å². The van der Waals surface area contributed by atoms with E-state index in [1.807, 2.05) is 25.7 Å². The lowest BCUT2D eigenvalue weighted by Crippen LogP contribution is -2.50. The lowest BCUT2D eigenvalue weighted by molar-refractivity contribution is 0.0220. The second-order valence-electron chi connectivity index (χ2n) is 10.1. The van der Waals surface area contributed by atoms with Crippen LogP contribution in [0.15, 0.2) is 30.3 Å². The van der Waals surface area contributed by atoms with Crippen molar-refractivity contribution in [3.63, 3.8) is 0 Å². The number of amides is 1. The van der Waals surface area contributed by atoms with E-state index in [1.54, 1.807) is 35.2 Å². The number of morpholine rings is 1. The van der Waals surface area contributed by atoms with Gasteiger partial charge in [0.15, 0.2) is 11.6 Å². The number of nitrogens with zero attached hydrogens (tertiary/aromatic N) is 6. The van der Waals surface area contributed by atoms with E-state index in [9.17, 15) is 13.6 Å². The van der Waals surface area contributed by atoms with E-state index >= 15 is 0 Å². The number of para-hydroxylation sites is 2. The maximum absolute atomic E-state index is 14.1. The largest absolute Gasteiger partial charge is 0.444 e. The number of imidazole rings is 1. The number of hydrogen-bond donors (Lipinski definition) is 1. The SMILES string of the molecule is CC(C)(C)OC(=O)N1CCN(c2cc(-n3c(C(F)F)nc4ccccc43)nc(C3CNCCO3)n2)CC1. The molecule has 2 aliphatic rings. The average molecular weight is 516 g/mol. The fourth-order valence-corrected chi connectivity index (χ4v) is 4.47. The summed E-state index contributed by atoms with van der Waals surface area (Å²) in [4.78, 5) is 29.8. The van der Waals surface area contributed by atoms with Crippen molar-refractivity contribution in [2.24, 2.45) is 0 Å². The van der Waals surface area contributed by atoms with E-state index in [0.29, 0.717) is 67.8 Å². The van der Waals surface area contributed by atoms with E-state index in [2.05, 4.69) is 15.3 Å². The first-order valence-corrected chi connectivity index (χ1v) is 12.4. The number of benzene rings is 1. The van der Waals surface area contributed by atoms with Gasteiger partial charge in [0.05, 0.1) is 17.6 Å². The number of carbonyl (C=O) groups excluding carboxylic acids is 1. The van der Waals surface area contributed by atoms with Gasteiger partial charge in [-0.3, -0.25) is 4.57 Å². The molecule has 0 aliphatic carbocycles. The molecule has 2 aromatic heterocycles. The summed E-state index contributed by atoms with van der Waals surface area (Å²) >= 11 is 0. The third kappa shape index (κ3) is 5.49. The van der Waals surface area contributed by atoms with Crippen LogP contribution < -0.4 is 10.2 Å². The van der Waals surface area contributed by atoms with E-state index in [4.69, 9.17) is 14.5 Å². The van der Waals surface area contributed by atoms with Gasteiger partial charge in [-0.2, -0.15) is 0 Å². The van der Waals surface area contributed by atoms with Crippen molar-refractivity contribution in [3.8, 4) is 5.82 Å². The molecule has 1 amide bonds. The van der Waals surface area contributed by atoms with Crippen molar-refractivity contribution in [1.82, 2.24) is 29.7 Å². The van der Waals surface area contributed by atoms with Gasteiger partial charge in [0.25, 0.3) is 6.43 Å². The van der Waals surface area contributed by atoms with E-state index in [0.717, 1.165) is 6.54 Å². The number of nitrogens with one attached hydrogen (secondary N) is 1. The van der Waals surface area contributed by atoms with E-state index in [1.165, 1.54) is 4.57 Å². The molecule has 2 fully saturated rings. The highest BCUT2D eigenvalue weighted by Crippen LogP contribution is 2.30. The van der Waals surface area contributed by atoms with Gasteiger partial charge in [0.2, 0.25) is 0 Å². The molecule has 37 heavy (non-hydrogen) atoms. The van der Waals surface area contributed by atoms with Gasteiger partial charge in [-0.25, -0.2) is 28.5 Å². The first kappa shape index (κ1) is 25.3. The van der Waals surface area contributed by atoms with Crippen LogP contribution in [0.3, 0.4) is 0 Å². The second-order valence-corrected chi connectivity index (χ2v) is 10.1. The molecule has 10 nitrogen and oxygen atoms in total. The fraction of sp³-hybridized carbons (Fsp3) is 0.520. The van der Waals surface area contributed by atoms with Crippen LogP contribution in [0.5, 0.6) is 0 Å². The first-order valence-electron chi connectivity index (χ1n) is 12.4. The number of piperazine rings is 1. The molecular formula is C25H31F2N7O3. The minimum absolute atomic E-state index is 0.299. The minimum Gasteiger partial charge on any atom is -0.444 e. The van der Waals surface area contributed by atoms with Crippen LogP contribution >= 0.6 is 0 Å². The monoisotopic (exact) mass is 515 g/mol. The number of carbonyl (C=O) groups is 1. The van der Waals surface area contributed by atoms with Gasteiger partial charge in [-0.1, -0.05) is 12.1 Å². The number of alkyl halides is 2. The first-order chi connectivity index (χ1) is 17.7. The van der Waals surface area contributed by atoms with Gasteiger partial charge >= 0.3 is 6.09 Å². The lowest BCUT2D eigenvalue weighted by Gasteiger charge is -2.36. The quantitative estimate of drug-likeness (QED) is 0.564. The van der Waals surface area contributed by atoms with Crippen molar-refractivity contribution in [3.05, 3.63) is 42.0 Å². The molecule has 1 atom stereocenters. The highest BCUT2D eigenvalue weighted by atomic mass is 19.3. The van der Waals surface area contributed by atoms with Crippen LogP contribution in [-0.2, 0) is 9.47 Å². The van der Waals surface area contributed by atoms with Gasteiger partial charge < -0.3 is 24.6 Å². The molecule has 198 valence electrons. The zero-order chi connectivity index (χ0) is 26.2. The van der Waals surface area contributed by atoms with Gasteiger partial charge in [0.1, 0.15) is 23.3 Å². The van der Waals surface area contributed by atoms with E-state index < -0.39 is 18.1 Å². The van der Waals surface area contributed by atoms with Crippen molar-refractivity contribution < 1.29 is 23.0 Å². The predicted octanol–water partition coefficient (Wildman–Crippen LogP) is 3.47. The molecule has 12 heteroatoms. The van der Waals surface area contributed by atoms with Crippen molar-refractivity contribution >= 4 is 22.9 Å². The molecule has 0 radical (unpaired) electrons. The summed E-state index contributed by atoms with van der Waals surface area (Å²) in [6.07, 6.45) is -3.57. The molecule has 0 bridgehead atoms. The third-order valence-electron chi connectivity index (χ3n) is 6.20. The zero-order valence-electron chi connectivity index (χ0n) is 21.2. The lowest BCUT2D eigenvalue weighted by atomic mass is 10.2. The molecule has 4 heterocycles. The normalized spacial score (nSPS) is 19.0. The Morgan fingerprint density at radius 1 is 1.11 bits per heavy atom. The summed E-state index contributed by atoms with van der Waals surface area (Å²) in [5.41, 5.74) is 0.418.